The van der Waals surface area contributed by atoms with Crippen LogP contribution in [-0.4, -0.2) is 61.1 Å². The number of nitrogens with one attached hydrogen (secondary N) is 1. The Hall–Kier alpha value is -2.48. The number of fused-ring (bicyclic) bond motifs is 1. The summed E-state index contributed by atoms with van der Waals surface area (Å²) in [5, 5.41) is 4.23. The van der Waals surface area contributed by atoms with Crippen LogP contribution in [0.5, 0.6) is 11.5 Å². The van der Waals surface area contributed by atoms with E-state index in [0.29, 0.717) is 34.5 Å². The quantitative estimate of drug-likeness (QED) is 0.630. The van der Waals surface area contributed by atoms with Gasteiger partial charge in [-0.05, 0) is 61.2 Å². The summed E-state index contributed by atoms with van der Waals surface area (Å²) in [6.07, 6.45) is 2.20. The molecular weight excluding hydrogens is 465 g/mol. The predicted molar refractivity (Wildman–Crippen MR) is 127 cm³/mol. The minimum atomic E-state index is -0.412. The highest BCUT2D eigenvalue weighted by Crippen LogP contribution is 2.30. The average Bonchev–Trinajstić information content (AvgIpc) is 2.83. The normalized spacial score (nSPS) is 20.6. The van der Waals surface area contributed by atoms with Crippen molar-refractivity contribution in [1.29, 1.82) is 0 Å². The molecule has 2 unspecified atom stereocenters. The van der Waals surface area contributed by atoms with E-state index in [0.717, 1.165) is 30.5 Å². The first-order chi connectivity index (χ1) is 15.9. The van der Waals surface area contributed by atoms with Crippen molar-refractivity contribution in [1.82, 2.24) is 15.1 Å². The van der Waals surface area contributed by atoms with E-state index in [2.05, 4.69) is 5.32 Å². The van der Waals surface area contributed by atoms with E-state index in [1.165, 1.54) is 4.90 Å². The van der Waals surface area contributed by atoms with Crippen molar-refractivity contribution >= 4 is 35.1 Å². The Morgan fingerprint density at radius 1 is 1.00 bits per heavy atom. The molecule has 33 heavy (non-hydrogen) atoms. The van der Waals surface area contributed by atoms with Crippen molar-refractivity contribution in [2.24, 2.45) is 0 Å². The zero-order valence-electron chi connectivity index (χ0n) is 18.6. The molecule has 2 aromatic rings. The largest absolute Gasteiger partial charge is 0.493 e. The number of piperidine rings is 1. The molecule has 2 aromatic carbocycles. The number of hydrogen-bond donors (Lipinski definition) is 1. The topological polar surface area (TPSA) is 71.1 Å². The molecule has 2 atom stereocenters. The van der Waals surface area contributed by atoms with E-state index < -0.39 is 6.04 Å². The average molecular weight is 492 g/mol. The Kier molecular flexibility index (Phi) is 7.32. The molecule has 2 aliphatic heterocycles. The molecular formula is C24H27Cl2N3O4. The van der Waals surface area contributed by atoms with Crippen molar-refractivity contribution in [2.75, 3.05) is 27.3 Å². The number of halogens is 2. The maximum absolute atomic E-state index is 13.5. The van der Waals surface area contributed by atoms with Crippen molar-refractivity contribution < 1.29 is 19.1 Å². The SMILES string of the molecule is COc1ccc(CCN2C(=O)C3NCCCC3N(Cc3ccc(Cl)c(Cl)c3)C2=O)cc1OC. The van der Waals surface area contributed by atoms with Crippen LogP contribution >= 0.6 is 23.2 Å². The highest BCUT2D eigenvalue weighted by molar-refractivity contribution is 6.42. The number of nitrogens with zero attached hydrogens (tertiary/aromatic N) is 2. The number of ether oxygens (including phenoxy) is 2. The second-order valence-electron chi connectivity index (χ2n) is 8.23. The second-order valence-corrected chi connectivity index (χ2v) is 9.04. The van der Waals surface area contributed by atoms with Gasteiger partial charge in [0.05, 0.1) is 30.3 Å². The molecule has 0 spiro atoms. The zero-order valence-corrected chi connectivity index (χ0v) is 20.2. The Balaban J connectivity index is 1.55. The van der Waals surface area contributed by atoms with Gasteiger partial charge in [-0.1, -0.05) is 35.3 Å². The molecule has 0 bridgehead atoms. The zero-order chi connectivity index (χ0) is 23.5. The monoisotopic (exact) mass is 491 g/mol. The smallest absolute Gasteiger partial charge is 0.327 e. The van der Waals surface area contributed by atoms with Gasteiger partial charge in [-0.15, -0.1) is 0 Å². The third kappa shape index (κ3) is 4.90. The molecule has 9 heteroatoms. The van der Waals surface area contributed by atoms with Gasteiger partial charge in [0.1, 0.15) is 6.04 Å². The summed E-state index contributed by atoms with van der Waals surface area (Å²) < 4.78 is 10.7. The number of carbonyl (C=O) groups excluding carboxylic acids is 2. The Labute approximate surface area is 203 Å². The van der Waals surface area contributed by atoms with Crippen LogP contribution in [0.15, 0.2) is 36.4 Å². The Morgan fingerprint density at radius 2 is 1.76 bits per heavy atom. The highest BCUT2D eigenvalue weighted by atomic mass is 35.5. The molecule has 3 amide bonds. The first-order valence-electron chi connectivity index (χ1n) is 10.9. The molecule has 1 N–H and O–H groups in total. The second kappa shape index (κ2) is 10.2. The standard InChI is InChI=1S/C24H27Cl2N3O4/c1-32-20-8-6-15(13-21(20)33-2)9-11-28-23(30)22-19(4-3-10-27-22)29(24(28)31)14-16-5-7-17(25)18(26)12-16/h5-8,12-13,19,22,27H,3-4,9-11,14H2,1-2H3. The molecule has 2 fully saturated rings. The number of hydrogen-bond acceptors (Lipinski definition) is 5. The number of imide groups is 1. The minimum Gasteiger partial charge on any atom is -0.493 e. The minimum absolute atomic E-state index is 0.171. The fraction of sp³-hybridized carbons (Fsp3) is 0.417. The summed E-state index contributed by atoms with van der Waals surface area (Å²) in [5.74, 6) is 1.07. The van der Waals surface area contributed by atoms with Crippen LogP contribution in [0, 0.1) is 0 Å². The van der Waals surface area contributed by atoms with Crippen molar-refractivity contribution in [2.45, 2.75) is 37.9 Å². The van der Waals surface area contributed by atoms with Gasteiger partial charge < -0.3 is 19.7 Å². The van der Waals surface area contributed by atoms with Crippen molar-refractivity contribution in [3.05, 3.63) is 57.6 Å². The first-order valence-corrected chi connectivity index (χ1v) is 11.7. The summed E-state index contributed by atoms with van der Waals surface area (Å²) in [7, 11) is 3.16. The summed E-state index contributed by atoms with van der Waals surface area (Å²) >= 11 is 12.2. The van der Waals surface area contributed by atoms with Crippen LogP contribution in [0.25, 0.3) is 0 Å². The lowest BCUT2D eigenvalue weighted by molar-refractivity contribution is -0.137. The molecule has 2 saturated heterocycles. The highest BCUT2D eigenvalue weighted by Gasteiger charge is 2.46. The van der Waals surface area contributed by atoms with Crippen molar-refractivity contribution in [3.63, 3.8) is 0 Å². The van der Waals surface area contributed by atoms with E-state index >= 15 is 0 Å². The van der Waals surface area contributed by atoms with Crippen LogP contribution < -0.4 is 14.8 Å². The van der Waals surface area contributed by atoms with Crippen LogP contribution in [0.1, 0.15) is 24.0 Å². The summed E-state index contributed by atoms with van der Waals surface area (Å²) in [4.78, 5) is 29.9. The van der Waals surface area contributed by atoms with Crippen LogP contribution in [-0.2, 0) is 17.8 Å². The molecule has 4 rings (SSSR count). The van der Waals surface area contributed by atoms with E-state index in [1.807, 2.05) is 24.3 Å². The Morgan fingerprint density at radius 3 is 2.48 bits per heavy atom. The number of carbonyl (C=O) groups is 2. The van der Waals surface area contributed by atoms with Gasteiger partial charge in [-0.25, -0.2) is 4.79 Å². The maximum atomic E-state index is 13.5. The van der Waals surface area contributed by atoms with Gasteiger partial charge in [0.2, 0.25) is 5.91 Å². The summed E-state index contributed by atoms with van der Waals surface area (Å²) in [5.41, 5.74) is 1.82. The van der Waals surface area contributed by atoms with Gasteiger partial charge >= 0.3 is 6.03 Å². The maximum Gasteiger partial charge on any atom is 0.327 e. The number of urea groups is 1. The van der Waals surface area contributed by atoms with E-state index in [-0.39, 0.29) is 24.5 Å². The summed E-state index contributed by atoms with van der Waals surface area (Å²) in [6, 6.07) is 10.1. The molecule has 176 valence electrons. The van der Waals surface area contributed by atoms with Crippen LogP contribution in [0.3, 0.4) is 0 Å². The van der Waals surface area contributed by atoms with Crippen molar-refractivity contribution in [3.8, 4) is 11.5 Å². The number of rotatable bonds is 7. The number of methoxy groups -OCH3 is 2. The number of amides is 3. The summed E-state index contributed by atoms with van der Waals surface area (Å²) in [6.45, 7) is 1.39. The fourth-order valence-electron chi connectivity index (χ4n) is 4.52. The fourth-order valence-corrected chi connectivity index (χ4v) is 4.84. The molecule has 2 aliphatic rings. The first kappa shape index (κ1) is 23.7. The lowest BCUT2D eigenvalue weighted by atomic mass is 9.93. The molecule has 2 heterocycles. The lowest BCUT2D eigenvalue weighted by Gasteiger charge is -2.47. The third-order valence-corrected chi connectivity index (χ3v) is 6.98. The third-order valence-electron chi connectivity index (χ3n) is 6.24. The van der Waals surface area contributed by atoms with Gasteiger partial charge in [0, 0.05) is 13.1 Å². The van der Waals surface area contributed by atoms with Gasteiger partial charge in [-0.2, -0.15) is 0 Å². The van der Waals surface area contributed by atoms with E-state index in [1.54, 1.807) is 31.3 Å². The van der Waals surface area contributed by atoms with E-state index in [9.17, 15) is 9.59 Å². The molecule has 0 aliphatic carbocycles. The molecule has 7 nitrogen and oxygen atoms in total. The lowest BCUT2D eigenvalue weighted by Crippen LogP contribution is -2.69. The Bertz CT molecular complexity index is 1050. The predicted octanol–water partition coefficient (Wildman–Crippen LogP) is 4.14. The van der Waals surface area contributed by atoms with Gasteiger partial charge in [0.25, 0.3) is 0 Å². The van der Waals surface area contributed by atoms with Gasteiger partial charge in [0.15, 0.2) is 11.5 Å². The van der Waals surface area contributed by atoms with Crippen LogP contribution in [0.4, 0.5) is 4.79 Å². The molecule has 0 aromatic heterocycles. The van der Waals surface area contributed by atoms with Gasteiger partial charge in [-0.3, -0.25) is 9.69 Å². The molecule has 0 radical (unpaired) electrons. The number of benzene rings is 2. The molecule has 0 saturated carbocycles. The van der Waals surface area contributed by atoms with E-state index in [4.69, 9.17) is 32.7 Å². The van der Waals surface area contributed by atoms with Crippen LogP contribution in [0.2, 0.25) is 10.0 Å².